The van der Waals surface area contributed by atoms with Crippen LogP contribution in [0.4, 0.5) is 0 Å². The van der Waals surface area contributed by atoms with Gasteiger partial charge < -0.3 is 18.9 Å². The van der Waals surface area contributed by atoms with Gasteiger partial charge in [0, 0.05) is 31.4 Å². The number of hydrogen-bond donors (Lipinski definition) is 0. The number of carbonyl (C=O) groups is 1. The second-order valence-corrected chi connectivity index (χ2v) is 6.93. The topological polar surface area (TPSA) is 43.7 Å². The van der Waals surface area contributed by atoms with Crippen molar-refractivity contribution < 1.29 is 14.3 Å². The molecule has 0 saturated heterocycles. The molecule has 4 rings (SSSR count). The Balaban J connectivity index is 1.53. The second kappa shape index (κ2) is 6.64. The first-order valence-electron chi connectivity index (χ1n) is 8.66. The molecule has 0 spiro atoms. The van der Waals surface area contributed by atoms with Crippen molar-refractivity contribution >= 4 is 17.5 Å². The number of halogens is 1. The quantitative estimate of drug-likeness (QED) is 0.824. The molecule has 0 aliphatic carbocycles. The van der Waals surface area contributed by atoms with Gasteiger partial charge in [-0.3, -0.25) is 4.79 Å². The van der Waals surface area contributed by atoms with Crippen molar-refractivity contribution in [1.29, 1.82) is 0 Å². The predicted molar refractivity (Wildman–Crippen MR) is 95.3 cm³/mol. The van der Waals surface area contributed by atoms with Crippen LogP contribution in [0.25, 0.3) is 0 Å². The maximum absolute atomic E-state index is 12.9. The van der Waals surface area contributed by atoms with E-state index >= 15 is 0 Å². The molecule has 5 nitrogen and oxygen atoms in total. The Hall–Kier alpha value is -2.14. The standard InChI is InChI=1S/C19H21ClN2O3/c1-13-16-4-2-5-21(16)6-7-22(13)18(23)12-14-10-15(20)19-17(11-14)24-8-3-9-25-19/h2,4-5,10-11,13H,3,6-9,12H2,1H3/t13-/m1/s1. The number of benzene rings is 1. The van der Waals surface area contributed by atoms with Gasteiger partial charge in [0.25, 0.3) is 0 Å². The van der Waals surface area contributed by atoms with Crippen LogP contribution in [0.1, 0.15) is 30.6 Å². The normalized spacial score (nSPS) is 19.3. The Morgan fingerprint density at radius 1 is 1.28 bits per heavy atom. The highest BCUT2D eigenvalue weighted by Gasteiger charge is 2.27. The number of amides is 1. The summed E-state index contributed by atoms with van der Waals surface area (Å²) in [6.07, 6.45) is 3.20. The highest BCUT2D eigenvalue weighted by Crippen LogP contribution is 2.38. The molecule has 2 aromatic rings. The molecule has 2 aliphatic rings. The zero-order valence-electron chi connectivity index (χ0n) is 14.2. The predicted octanol–water partition coefficient (Wildman–Crippen LogP) is 3.45. The Morgan fingerprint density at radius 2 is 2.12 bits per heavy atom. The molecule has 3 heterocycles. The molecular weight excluding hydrogens is 340 g/mol. The number of hydrogen-bond acceptors (Lipinski definition) is 3. The summed E-state index contributed by atoms with van der Waals surface area (Å²) in [5.41, 5.74) is 2.03. The zero-order valence-corrected chi connectivity index (χ0v) is 15.0. The summed E-state index contributed by atoms with van der Waals surface area (Å²) in [7, 11) is 0. The average Bonchev–Trinajstić information content (AvgIpc) is 2.94. The lowest BCUT2D eigenvalue weighted by Gasteiger charge is -2.35. The van der Waals surface area contributed by atoms with E-state index in [1.807, 2.05) is 23.1 Å². The molecule has 1 aromatic carbocycles. The van der Waals surface area contributed by atoms with Gasteiger partial charge >= 0.3 is 0 Å². The van der Waals surface area contributed by atoms with Crippen molar-refractivity contribution in [3.63, 3.8) is 0 Å². The molecule has 0 unspecified atom stereocenters. The first-order valence-corrected chi connectivity index (χ1v) is 9.04. The molecule has 0 fully saturated rings. The average molecular weight is 361 g/mol. The van der Waals surface area contributed by atoms with Crippen molar-refractivity contribution in [3.8, 4) is 11.5 Å². The molecule has 1 aromatic heterocycles. The molecule has 6 heteroatoms. The zero-order chi connectivity index (χ0) is 17.4. The van der Waals surface area contributed by atoms with E-state index in [1.165, 1.54) is 5.69 Å². The highest BCUT2D eigenvalue weighted by atomic mass is 35.5. The Labute approximate surface area is 152 Å². The third-order valence-electron chi connectivity index (χ3n) is 4.88. The number of rotatable bonds is 2. The number of fused-ring (bicyclic) bond motifs is 2. The maximum atomic E-state index is 12.9. The van der Waals surface area contributed by atoms with Gasteiger partial charge in [-0.05, 0) is 36.8 Å². The van der Waals surface area contributed by atoms with Gasteiger partial charge in [-0.2, -0.15) is 0 Å². The van der Waals surface area contributed by atoms with Crippen LogP contribution in [0, 0.1) is 0 Å². The van der Waals surface area contributed by atoms with Gasteiger partial charge in [-0.1, -0.05) is 11.6 Å². The second-order valence-electron chi connectivity index (χ2n) is 6.52. The Kier molecular flexibility index (Phi) is 4.34. The lowest BCUT2D eigenvalue weighted by atomic mass is 10.1. The van der Waals surface area contributed by atoms with Crippen LogP contribution in [0.3, 0.4) is 0 Å². The SMILES string of the molecule is C[C@@H]1c2cccn2CCN1C(=O)Cc1cc(Cl)c2c(c1)OCCCO2. The van der Waals surface area contributed by atoms with Gasteiger partial charge in [0.2, 0.25) is 5.91 Å². The molecule has 0 N–H and O–H groups in total. The van der Waals surface area contributed by atoms with E-state index < -0.39 is 0 Å². The van der Waals surface area contributed by atoms with Gasteiger partial charge in [0.1, 0.15) is 0 Å². The third kappa shape index (κ3) is 3.09. The van der Waals surface area contributed by atoms with E-state index in [2.05, 4.69) is 23.8 Å². The fraction of sp³-hybridized carbons (Fsp3) is 0.421. The fourth-order valence-electron chi connectivity index (χ4n) is 3.58. The molecule has 25 heavy (non-hydrogen) atoms. The van der Waals surface area contributed by atoms with E-state index in [1.54, 1.807) is 0 Å². The van der Waals surface area contributed by atoms with Crippen molar-refractivity contribution in [2.24, 2.45) is 0 Å². The molecule has 1 amide bonds. The van der Waals surface area contributed by atoms with Crippen LogP contribution in [0.15, 0.2) is 30.5 Å². The first kappa shape index (κ1) is 16.3. The summed E-state index contributed by atoms with van der Waals surface area (Å²) < 4.78 is 13.6. The smallest absolute Gasteiger partial charge is 0.227 e. The van der Waals surface area contributed by atoms with Gasteiger partial charge in [0.15, 0.2) is 11.5 Å². The summed E-state index contributed by atoms with van der Waals surface area (Å²) in [6.45, 7) is 4.82. The molecule has 132 valence electrons. The summed E-state index contributed by atoms with van der Waals surface area (Å²) in [6, 6.07) is 7.87. The lowest BCUT2D eigenvalue weighted by Crippen LogP contribution is -2.41. The van der Waals surface area contributed by atoms with Crippen molar-refractivity contribution in [1.82, 2.24) is 9.47 Å². The maximum Gasteiger partial charge on any atom is 0.227 e. The molecule has 0 radical (unpaired) electrons. The molecule has 2 aliphatic heterocycles. The molecular formula is C19H21ClN2O3. The van der Waals surface area contributed by atoms with Gasteiger partial charge in [-0.15, -0.1) is 0 Å². The molecule has 1 atom stereocenters. The first-order chi connectivity index (χ1) is 12.1. The van der Waals surface area contributed by atoms with E-state index in [0.29, 0.717) is 36.2 Å². The summed E-state index contributed by atoms with van der Waals surface area (Å²) in [4.78, 5) is 14.8. The monoisotopic (exact) mass is 360 g/mol. The van der Waals surface area contributed by atoms with Crippen LogP contribution >= 0.6 is 11.6 Å². The van der Waals surface area contributed by atoms with E-state index in [4.69, 9.17) is 21.1 Å². The fourth-order valence-corrected chi connectivity index (χ4v) is 3.87. The summed E-state index contributed by atoms with van der Waals surface area (Å²) in [5.74, 6) is 1.32. The number of carbonyl (C=O) groups excluding carboxylic acids is 1. The largest absolute Gasteiger partial charge is 0.489 e. The molecule has 0 saturated carbocycles. The Morgan fingerprint density at radius 3 is 3.00 bits per heavy atom. The van der Waals surface area contributed by atoms with Crippen LogP contribution in [-0.4, -0.2) is 35.1 Å². The van der Waals surface area contributed by atoms with Crippen LogP contribution in [0.5, 0.6) is 11.5 Å². The highest BCUT2D eigenvalue weighted by molar-refractivity contribution is 6.32. The number of ether oxygens (including phenoxy) is 2. The number of aromatic nitrogens is 1. The van der Waals surface area contributed by atoms with Crippen LogP contribution in [-0.2, 0) is 17.8 Å². The lowest BCUT2D eigenvalue weighted by molar-refractivity contribution is -0.133. The van der Waals surface area contributed by atoms with Crippen molar-refractivity contribution in [2.45, 2.75) is 32.4 Å². The van der Waals surface area contributed by atoms with E-state index in [0.717, 1.165) is 25.1 Å². The van der Waals surface area contributed by atoms with Crippen molar-refractivity contribution in [3.05, 3.63) is 46.7 Å². The molecule has 0 bridgehead atoms. The van der Waals surface area contributed by atoms with Crippen LogP contribution in [0.2, 0.25) is 5.02 Å². The Bertz CT molecular complexity index is 802. The number of nitrogens with zero attached hydrogens (tertiary/aromatic N) is 2. The van der Waals surface area contributed by atoms with Crippen molar-refractivity contribution in [2.75, 3.05) is 19.8 Å². The van der Waals surface area contributed by atoms with Gasteiger partial charge in [-0.25, -0.2) is 0 Å². The van der Waals surface area contributed by atoms with E-state index in [9.17, 15) is 4.79 Å². The van der Waals surface area contributed by atoms with E-state index in [-0.39, 0.29) is 11.9 Å². The van der Waals surface area contributed by atoms with Crippen LogP contribution < -0.4 is 9.47 Å². The minimum absolute atomic E-state index is 0.0760. The third-order valence-corrected chi connectivity index (χ3v) is 5.16. The minimum Gasteiger partial charge on any atom is -0.489 e. The minimum atomic E-state index is 0.0760. The summed E-state index contributed by atoms with van der Waals surface area (Å²) >= 11 is 6.34. The summed E-state index contributed by atoms with van der Waals surface area (Å²) in [5, 5.41) is 0.503. The van der Waals surface area contributed by atoms with Gasteiger partial charge in [0.05, 0.1) is 30.7 Å².